The number of carbonyl (C=O) groups is 2. The Balaban J connectivity index is 1.20. The van der Waals surface area contributed by atoms with Gasteiger partial charge in [0.05, 0.1) is 0 Å². The second kappa shape index (κ2) is 10.7. The van der Waals surface area contributed by atoms with Gasteiger partial charge in [0.2, 0.25) is 5.91 Å². The fourth-order valence-corrected chi connectivity index (χ4v) is 4.67. The highest BCUT2D eigenvalue weighted by Gasteiger charge is 2.20. The summed E-state index contributed by atoms with van der Waals surface area (Å²) in [6.07, 6.45) is 1.60. The normalized spacial score (nSPS) is 14.6. The monoisotopic (exact) mass is 485 g/mol. The number of amides is 3. The molecule has 0 unspecified atom stereocenters. The predicted octanol–water partition coefficient (Wildman–Crippen LogP) is 4.59. The minimum atomic E-state index is -0.148. The average Bonchev–Trinajstić information content (AvgIpc) is 3.31. The first-order valence-electron chi connectivity index (χ1n) is 12.4. The van der Waals surface area contributed by atoms with Gasteiger partial charge in [0.15, 0.2) is 11.5 Å². The van der Waals surface area contributed by atoms with Gasteiger partial charge in [-0.05, 0) is 46.4 Å². The lowest BCUT2D eigenvalue weighted by Crippen LogP contribution is -2.36. The molecule has 1 N–H and O–H groups in total. The highest BCUT2D eigenvalue weighted by atomic mass is 16.6. The third kappa shape index (κ3) is 5.46. The van der Waals surface area contributed by atoms with Crippen molar-refractivity contribution in [3.63, 3.8) is 0 Å². The standard InChI is InChI=1S/C29H31N3O4/c1-31(19-22-10-13-26-27(17-22)36-16-15-35-26)29(34)30-18-24-5-2-3-6-25(24)23-11-8-21(9-12-23)20-32-14-4-7-28(32)33/h2-3,5-6,8-13,17H,4,7,14-16,18-20H2,1H3,(H,30,34). The molecule has 7 nitrogen and oxygen atoms in total. The van der Waals surface area contributed by atoms with Gasteiger partial charge in [-0.3, -0.25) is 4.79 Å². The molecule has 186 valence electrons. The Labute approximate surface area is 211 Å². The summed E-state index contributed by atoms with van der Waals surface area (Å²) in [4.78, 5) is 28.3. The fraction of sp³-hybridized carbons (Fsp3) is 0.310. The van der Waals surface area contributed by atoms with Crippen molar-refractivity contribution < 1.29 is 19.1 Å². The van der Waals surface area contributed by atoms with Gasteiger partial charge in [-0.25, -0.2) is 4.79 Å². The molecular weight excluding hydrogens is 454 g/mol. The van der Waals surface area contributed by atoms with E-state index in [0.717, 1.165) is 52.3 Å². The molecule has 3 aromatic carbocycles. The Morgan fingerprint density at radius 2 is 1.72 bits per heavy atom. The summed E-state index contributed by atoms with van der Waals surface area (Å²) in [5, 5.41) is 3.04. The molecule has 2 aliphatic heterocycles. The minimum absolute atomic E-state index is 0.148. The number of hydrogen-bond donors (Lipinski definition) is 1. The van der Waals surface area contributed by atoms with Crippen LogP contribution in [0.4, 0.5) is 4.79 Å². The molecule has 0 atom stereocenters. The smallest absolute Gasteiger partial charge is 0.317 e. The van der Waals surface area contributed by atoms with Gasteiger partial charge >= 0.3 is 6.03 Å². The number of likely N-dealkylation sites (tertiary alicyclic amines) is 1. The lowest BCUT2D eigenvalue weighted by molar-refractivity contribution is -0.128. The van der Waals surface area contributed by atoms with E-state index in [1.807, 2.05) is 41.3 Å². The van der Waals surface area contributed by atoms with Crippen molar-refractivity contribution in [3.8, 4) is 22.6 Å². The number of ether oxygens (including phenoxy) is 2. The van der Waals surface area contributed by atoms with Crippen LogP contribution >= 0.6 is 0 Å². The van der Waals surface area contributed by atoms with E-state index in [1.165, 1.54) is 0 Å². The topological polar surface area (TPSA) is 71.1 Å². The van der Waals surface area contributed by atoms with Gasteiger partial charge in [0.1, 0.15) is 13.2 Å². The van der Waals surface area contributed by atoms with Crippen molar-refractivity contribution in [2.24, 2.45) is 0 Å². The zero-order valence-electron chi connectivity index (χ0n) is 20.5. The van der Waals surface area contributed by atoms with E-state index >= 15 is 0 Å². The molecule has 0 aromatic heterocycles. The first-order valence-corrected chi connectivity index (χ1v) is 12.4. The number of nitrogens with one attached hydrogen (secondary N) is 1. The van der Waals surface area contributed by atoms with E-state index in [9.17, 15) is 9.59 Å². The van der Waals surface area contributed by atoms with Crippen molar-refractivity contribution >= 4 is 11.9 Å². The Morgan fingerprint density at radius 1 is 0.972 bits per heavy atom. The Morgan fingerprint density at radius 3 is 2.50 bits per heavy atom. The molecular formula is C29H31N3O4. The zero-order chi connectivity index (χ0) is 24.9. The van der Waals surface area contributed by atoms with Gasteiger partial charge in [-0.2, -0.15) is 0 Å². The van der Waals surface area contributed by atoms with E-state index in [1.54, 1.807) is 11.9 Å². The number of carbonyl (C=O) groups excluding carboxylic acids is 2. The van der Waals surface area contributed by atoms with Crippen LogP contribution in [0.5, 0.6) is 11.5 Å². The van der Waals surface area contributed by atoms with Crippen LogP contribution in [0.2, 0.25) is 0 Å². The number of rotatable bonds is 7. The SMILES string of the molecule is CN(Cc1ccc2c(c1)OCCO2)C(=O)NCc1ccccc1-c1ccc(CN2CCCC2=O)cc1. The maximum Gasteiger partial charge on any atom is 0.317 e. The summed E-state index contributed by atoms with van der Waals surface area (Å²) in [6, 6.07) is 22.1. The van der Waals surface area contributed by atoms with Crippen LogP contribution in [-0.2, 0) is 24.4 Å². The summed E-state index contributed by atoms with van der Waals surface area (Å²) in [6.45, 7) is 3.47. The Kier molecular flexibility index (Phi) is 7.07. The molecule has 0 saturated carbocycles. The summed E-state index contributed by atoms with van der Waals surface area (Å²) >= 11 is 0. The Hall–Kier alpha value is -4.00. The number of fused-ring (bicyclic) bond motifs is 1. The van der Waals surface area contributed by atoms with E-state index in [4.69, 9.17) is 9.47 Å². The molecule has 7 heteroatoms. The summed E-state index contributed by atoms with van der Waals surface area (Å²) in [5.74, 6) is 1.70. The Bertz CT molecular complexity index is 1240. The first kappa shape index (κ1) is 23.7. The van der Waals surface area contributed by atoms with Crippen LogP contribution in [0.3, 0.4) is 0 Å². The summed E-state index contributed by atoms with van der Waals surface area (Å²) in [5.41, 5.74) is 5.31. The van der Waals surface area contributed by atoms with E-state index in [-0.39, 0.29) is 11.9 Å². The fourth-order valence-electron chi connectivity index (χ4n) is 4.67. The summed E-state index contributed by atoms with van der Waals surface area (Å²) < 4.78 is 11.2. The molecule has 3 aromatic rings. The van der Waals surface area contributed by atoms with Gasteiger partial charge in [0.25, 0.3) is 0 Å². The van der Waals surface area contributed by atoms with Crippen molar-refractivity contribution in [3.05, 3.63) is 83.4 Å². The molecule has 5 rings (SSSR count). The van der Waals surface area contributed by atoms with Crippen LogP contribution in [0.25, 0.3) is 11.1 Å². The quantitative estimate of drug-likeness (QED) is 0.532. The van der Waals surface area contributed by atoms with Crippen molar-refractivity contribution in [1.29, 1.82) is 0 Å². The highest BCUT2D eigenvalue weighted by Crippen LogP contribution is 2.31. The summed E-state index contributed by atoms with van der Waals surface area (Å²) in [7, 11) is 1.78. The maximum absolute atomic E-state index is 12.8. The highest BCUT2D eigenvalue weighted by molar-refractivity contribution is 5.78. The molecule has 1 fully saturated rings. The third-order valence-corrected chi connectivity index (χ3v) is 6.63. The lowest BCUT2D eigenvalue weighted by atomic mass is 9.98. The van der Waals surface area contributed by atoms with Crippen LogP contribution in [0.1, 0.15) is 29.5 Å². The second-order valence-corrected chi connectivity index (χ2v) is 9.27. The maximum atomic E-state index is 12.8. The molecule has 36 heavy (non-hydrogen) atoms. The first-order chi connectivity index (χ1) is 17.6. The zero-order valence-corrected chi connectivity index (χ0v) is 20.5. The van der Waals surface area contributed by atoms with E-state index in [0.29, 0.717) is 39.3 Å². The van der Waals surface area contributed by atoms with E-state index in [2.05, 4.69) is 35.6 Å². The molecule has 2 aliphatic rings. The number of urea groups is 1. The lowest BCUT2D eigenvalue weighted by Gasteiger charge is -2.22. The molecule has 0 aliphatic carbocycles. The molecule has 1 saturated heterocycles. The number of hydrogen-bond acceptors (Lipinski definition) is 4. The van der Waals surface area contributed by atoms with Gasteiger partial charge in [0, 0.05) is 39.6 Å². The molecule has 3 amide bonds. The predicted molar refractivity (Wildman–Crippen MR) is 138 cm³/mol. The van der Waals surface area contributed by atoms with Gasteiger partial charge in [-0.1, -0.05) is 54.6 Å². The van der Waals surface area contributed by atoms with Gasteiger partial charge < -0.3 is 24.6 Å². The average molecular weight is 486 g/mol. The van der Waals surface area contributed by atoms with Crippen LogP contribution in [0, 0.1) is 0 Å². The largest absolute Gasteiger partial charge is 0.486 e. The van der Waals surface area contributed by atoms with Crippen molar-refractivity contribution in [2.75, 3.05) is 26.8 Å². The van der Waals surface area contributed by atoms with E-state index < -0.39 is 0 Å². The van der Waals surface area contributed by atoms with Crippen molar-refractivity contribution in [2.45, 2.75) is 32.5 Å². The number of nitrogens with zero attached hydrogens (tertiary/aromatic N) is 2. The van der Waals surface area contributed by atoms with Crippen molar-refractivity contribution in [1.82, 2.24) is 15.1 Å². The molecule has 0 radical (unpaired) electrons. The van der Waals surface area contributed by atoms with Crippen LogP contribution in [0.15, 0.2) is 66.7 Å². The molecule has 2 heterocycles. The molecule has 0 bridgehead atoms. The third-order valence-electron chi connectivity index (χ3n) is 6.63. The molecule has 0 spiro atoms. The van der Waals surface area contributed by atoms with Crippen LogP contribution < -0.4 is 14.8 Å². The minimum Gasteiger partial charge on any atom is -0.486 e. The second-order valence-electron chi connectivity index (χ2n) is 9.27. The van der Waals surface area contributed by atoms with Crippen LogP contribution in [-0.4, -0.2) is 48.5 Å². The van der Waals surface area contributed by atoms with Gasteiger partial charge in [-0.15, -0.1) is 0 Å². The number of benzene rings is 3.